The molecule has 2 spiro atoms. The molecular formula is C40H30Cl2N2O2. The van der Waals surface area contributed by atoms with Gasteiger partial charge in [-0.2, -0.15) is 0 Å². The van der Waals surface area contributed by atoms with Crippen molar-refractivity contribution in [2.45, 2.75) is 29.6 Å². The molecule has 4 nitrogen and oxygen atoms in total. The number of benzene rings is 5. The highest BCUT2D eigenvalue weighted by Crippen LogP contribution is 2.80. The van der Waals surface area contributed by atoms with Gasteiger partial charge in [0.1, 0.15) is 12.3 Å². The van der Waals surface area contributed by atoms with Crippen LogP contribution in [0.4, 0.5) is 0 Å². The number of nitrogens with zero attached hydrogens (tertiary/aromatic N) is 2. The lowest BCUT2D eigenvalue weighted by atomic mass is 9.57. The molecule has 226 valence electrons. The van der Waals surface area contributed by atoms with E-state index in [1.165, 1.54) is 27.5 Å². The normalized spacial score (nSPS) is 32.8. The first-order chi connectivity index (χ1) is 22.5. The Morgan fingerprint density at radius 1 is 0.826 bits per heavy atom. The van der Waals surface area contributed by atoms with E-state index in [2.05, 4.69) is 94.7 Å². The first-order valence-corrected chi connectivity index (χ1v) is 16.7. The fourth-order valence-corrected chi connectivity index (χ4v) is 10.8. The van der Waals surface area contributed by atoms with E-state index in [-0.39, 0.29) is 17.7 Å². The maximum atomic E-state index is 15.8. The van der Waals surface area contributed by atoms with Crippen LogP contribution < -0.4 is 0 Å². The predicted molar refractivity (Wildman–Crippen MR) is 182 cm³/mol. The molecule has 6 heteroatoms. The van der Waals surface area contributed by atoms with Crippen LogP contribution in [0.2, 0.25) is 10.0 Å². The van der Waals surface area contributed by atoms with Gasteiger partial charge in [0.05, 0.1) is 5.41 Å². The molecule has 0 saturated carbocycles. The van der Waals surface area contributed by atoms with Crippen molar-refractivity contribution in [3.63, 3.8) is 0 Å². The zero-order valence-corrected chi connectivity index (χ0v) is 26.5. The monoisotopic (exact) mass is 640 g/mol. The van der Waals surface area contributed by atoms with Crippen molar-refractivity contribution >= 4 is 45.8 Å². The fourth-order valence-electron chi connectivity index (χ4n) is 10.4. The number of rotatable bonds is 4. The third-order valence-electron chi connectivity index (χ3n) is 11.6. The van der Waals surface area contributed by atoms with Gasteiger partial charge in [-0.15, -0.1) is 0 Å². The third kappa shape index (κ3) is 3.10. The summed E-state index contributed by atoms with van der Waals surface area (Å²) in [4.78, 5) is 20.9. The van der Waals surface area contributed by atoms with Crippen molar-refractivity contribution in [2.75, 3.05) is 19.8 Å². The second-order valence-electron chi connectivity index (χ2n) is 13.5. The molecule has 4 fully saturated rings. The largest absolute Gasteiger partial charge is 0.338 e. The van der Waals surface area contributed by atoms with E-state index in [1.807, 2.05) is 36.4 Å². The third-order valence-corrected chi connectivity index (χ3v) is 12.1. The lowest BCUT2D eigenvalue weighted by Gasteiger charge is -2.44. The number of carbonyl (C=O) groups is 1. The molecule has 0 amide bonds. The summed E-state index contributed by atoms with van der Waals surface area (Å²) >= 11 is 13.2. The van der Waals surface area contributed by atoms with Crippen LogP contribution in [0.25, 0.3) is 16.8 Å². The summed E-state index contributed by atoms with van der Waals surface area (Å²) in [7, 11) is 0. The van der Waals surface area contributed by atoms with Crippen molar-refractivity contribution in [2.24, 2.45) is 5.41 Å². The standard InChI is InChI=1S/C40H30Cl2N2O2/c41-30-14-4-10-26(19-30)18-29-22-43-23-38(37(29)45)36(28-13-5-15-31(42)21-28)34(20-25-8-2-1-3-9-25)44-24-46-40(43)33-17-7-12-27-11-6-16-32(35(27)33)39(38,40)44/h1-19,21,34,36H,20,22-24H2/b29-18+/t34-,36-,38-,39+,40+/m0/s1. The number of fused-ring (bicyclic) bond motifs is 1. The van der Waals surface area contributed by atoms with Crippen LogP contribution in [0.5, 0.6) is 0 Å². The molecule has 46 heavy (non-hydrogen) atoms. The van der Waals surface area contributed by atoms with Gasteiger partial charge in [-0.3, -0.25) is 14.6 Å². The lowest BCUT2D eigenvalue weighted by Crippen LogP contribution is -2.56. The molecule has 0 radical (unpaired) electrons. The van der Waals surface area contributed by atoms with Gasteiger partial charge >= 0.3 is 0 Å². The molecule has 4 saturated heterocycles. The van der Waals surface area contributed by atoms with Crippen LogP contribution >= 0.6 is 23.2 Å². The number of ether oxygens (including phenoxy) is 1. The summed E-state index contributed by atoms with van der Waals surface area (Å²) in [5, 5.41) is 3.75. The average Bonchev–Trinajstić information content (AvgIpc) is 3.69. The molecule has 0 aromatic heterocycles. The van der Waals surface area contributed by atoms with E-state index in [9.17, 15) is 0 Å². The molecule has 0 N–H and O–H groups in total. The summed E-state index contributed by atoms with van der Waals surface area (Å²) in [6.07, 6.45) is 2.84. The van der Waals surface area contributed by atoms with Gasteiger partial charge in [0.15, 0.2) is 11.5 Å². The average molecular weight is 642 g/mol. The van der Waals surface area contributed by atoms with E-state index >= 15 is 4.79 Å². The number of hydrogen-bond acceptors (Lipinski definition) is 4. The highest BCUT2D eigenvalue weighted by atomic mass is 35.5. The van der Waals surface area contributed by atoms with Crippen molar-refractivity contribution in [3.8, 4) is 0 Å². The van der Waals surface area contributed by atoms with Crippen molar-refractivity contribution in [1.29, 1.82) is 0 Å². The van der Waals surface area contributed by atoms with Gasteiger partial charge in [-0.25, -0.2) is 0 Å². The van der Waals surface area contributed by atoms with Crippen LogP contribution in [0, 0.1) is 5.41 Å². The van der Waals surface area contributed by atoms with Crippen molar-refractivity contribution < 1.29 is 9.53 Å². The number of hydrogen-bond donors (Lipinski definition) is 0. The van der Waals surface area contributed by atoms with Crippen LogP contribution in [0.15, 0.2) is 121 Å². The van der Waals surface area contributed by atoms with E-state index in [0.29, 0.717) is 29.9 Å². The topological polar surface area (TPSA) is 32.8 Å². The summed E-state index contributed by atoms with van der Waals surface area (Å²) < 4.78 is 7.26. The van der Waals surface area contributed by atoms with Crippen molar-refractivity contribution in [1.82, 2.24) is 9.80 Å². The van der Waals surface area contributed by atoms with E-state index in [1.54, 1.807) is 0 Å². The minimum Gasteiger partial charge on any atom is -0.338 e. The summed E-state index contributed by atoms with van der Waals surface area (Å²) in [6.45, 7) is 1.54. The number of carbonyl (C=O) groups excluding carboxylic acids is 1. The molecule has 1 unspecified atom stereocenters. The Hall–Kier alpha value is -3.77. The maximum Gasteiger partial charge on any atom is 0.174 e. The number of piperidine rings is 1. The summed E-state index contributed by atoms with van der Waals surface area (Å²) in [5.74, 6) is 0.0613. The highest BCUT2D eigenvalue weighted by Gasteiger charge is 2.90. The Morgan fingerprint density at radius 3 is 2.35 bits per heavy atom. The molecule has 10 rings (SSSR count). The molecule has 5 aliphatic rings. The molecule has 5 aromatic rings. The Kier molecular flexibility index (Phi) is 5.59. The molecule has 5 aromatic carbocycles. The van der Waals surface area contributed by atoms with E-state index < -0.39 is 16.7 Å². The van der Waals surface area contributed by atoms with E-state index in [0.717, 1.165) is 23.1 Å². The first kappa shape index (κ1) is 27.4. The Labute approximate surface area is 277 Å². The molecule has 4 heterocycles. The first-order valence-electron chi connectivity index (χ1n) is 16.0. The molecule has 1 aliphatic carbocycles. The van der Waals surface area contributed by atoms with Gasteiger partial charge in [0, 0.05) is 46.2 Å². The second kappa shape index (κ2) is 9.41. The van der Waals surface area contributed by atoms with Gasteiger partial charge in [0.25, 0.3) is 0 Å². The summed E-state index contributed by atoms with van der Waals surface area (Å²) in [5.41, 5.74) is 4.08. The van der Waals surface area contributed by atoms with Crippen LogP contribution in [-0.4, -0.2) is 41.4 Å². The lowest BCUT2D eigenvalue weighted by molar-refractivity contribution is -0.131. The smallest absolute Gasteiger partial charge is 0.174 e. The van der Waals surface area contributed by atoms with Crippen molar-refractivity contribution in [3.05, 3.63) is 159 Å². The quantitative estimate of drug-likeness (QED) is 0.186. The van der Waals surface area contributed by atoms with Gasteiger partial charge < -0.3 is 4.74 Å². The second-order valence-corrected chi connectivity index (χ2v) is 14.4. The maximum absolute atomic E-state index is 15.8. The van der Waals surface area contributed by atoms with Gasteiger partial charge in [-0.05, 0) is 69.8 Å². The Balaban J connectivity index is 1.31. The SMILES string of the molecule is O=C1/C(=C/c2cccc(Cl)c2)CN2C[C@]13[C@@H](c1cccc(Cl)c1)[C@H](Cc1ccccc1)N1CO[C@@]24c2cccc5cccc(c25)[C@@]134. The number of ketones is 1. The molecule has 4 aliphatic heterocycles. The zero-order valence-electron chi connectivity index (χ0n) is 25.0. The fraction of sp³-hybridized carbons (Fsp3) is 0.225. The van der Waals surface area contributed by atoms with E-state index in [4.69, 9.17) is 27.9 Å². The highest BCUT2D eigenvalue weighted by molar-refractivity contribution is 6.31. The Morgan fingerprint density at radius 2 is 1.57 bits per heavy atom. The van der Waals surface area contributed by atoms with Crippen LogP contribution in [0.3, 0.4) is 0 Å². The van der Waals surface area contributed by atoms with Crippen LogP contribution in [-0.2, 0) is 27.2 Å². The molecule has 2 bridgehead atoms. The summed E-state index contributed by atoms with van der Waals surface area (Å²) in [6, 6.07) is 39.9. The Bertz CT molecular complexity index is 2140. The minimum absolute atomic E-state index is 0.0103. The number of halogens is 2. The number of Topliss-reactive ketones (excluding diaryl/α,β-unsaturated/α-hetero) is 1. The molecular weight excluding hydrogens is 611 g/mol. The minimum atomic E-state index is -0.844. The van der Waals surface area contributed by atoms with Gasteiger partial charge in [0.2, 0.25) is 0 Å². The van der Waals surface area contributed by atoms with Crippen LogP contribution in [0.1, 0.15) is 33.7 Å². The van der Waals surface area contributed by atoms with Gasteiger partial charge in [-0.1, -0.05) is 114 Å². The predicted octanol–water partition coefficient (Wildman–Crippen LogP) is 8.18. The molecule has 6 atom stereocenters. The zero-order chi connectivity index (χ0) is 30.8.